The second-order valence-electron chi connectivity index (χ2n) is 4.17. The maximum atomic E-state index is 9.57. The Morgan fingerprint density at radius 2 is 2.00 bits per heavy atom. The number of aliphatic hydroxyl groups is 1. The average Bonchev–Trinajstić information content (AvgIpc) is 2.62. The van der Waals surface area contributed by atoms with Gasteiger partial charge in [0.25, 0.3) is 0 Å². The van der Waals surface area contributed by atoms with Crippen LogP contribution < -0.4 is 4.90 Å². The topological polar surface area (TPSA) is 36.4 Å². The van der Waals surface area contributed by atoms with Crippen LogP contribution in [0.2, 0.25) is 0 Å². The van der Waals surface area contributed by atoms with Gasteiger partial charge in [0.05, 0.1) is 16.7 Å². The van der Waals surface area contributed by atoms with Gasteiger partial charge in [-0.1, -0.05) is 11.3 Å². The van der Waals surface area contributed by atoms with Gasteiger partial charge in [-0.3, -0.25) is 0 Å². The summed E-state index contributed by atoms with van der Waals surface area (Å²) in [5, 5.41) is 10.7. The van der Waals surface area contributed by atoms with Crippen LogP contribution in [0, 0.1) is 6.92 Å². The van der Waals surface area contributed by atoms with Crippen LogP contribution in [0.5, 0.6) is 0 Å². The van der Waals surface area contributed by atoms with Crippen LogP contribution >= 0.6 is 11.3 Å². The first-order valence-electron chi connectivity index (χ1n) is 5.59. The second-order valence-corrected chi connectivity index (χ2v) is 5.18. The van der Waals surface area contributed by atoms with Crippen LogP contribution in [0.1, 0.15) is 42.9 Å². The maximum Gasteiger partial charge on any atom is 0.185 e. The first kappa shape index (κ1) is 10.9. The van der Waals surface area contributed by atoms with E-state index >= 15 is 0 Å². The van der Waals surface area contributed by atoms with Crippen LogP contribution in [0.15, 0.2) is 0 Å². The molecule has 4 heteroatoms. The lowest BCUT2D eigenvalue weighted by atomic mass is 10.1. The molecule has 0 unspecified atom stereocenters. The van der Waals surface area contributed by atoms with Crippen molar-refractivity contribution >= 4 is 16.5 Å². The number of hydrogen-bond acceptors (Lipinski definition) is 4. The lowest BCUT2D eigenvalue weighted by Crippen LogP contribution is -2.29. The second kappa shape index (κ2) is 4.49. The summed E-state index contributed by atoms with van der Waals surface area (Å²) in [5.41, 5.74) is 0.982. The zero-order valence-corrected chi connectivity index (χ0v) is 10.2. The van der Waals surface area contributed by atoms with Gasteiger partial charge >= 0.3 is 0 Å². The summed E-state index contributed by atoms with van der Waals surface area (Å²) in [7, 11) is 0. The molecule has 2 heterocycles. The monoisotopic (exact) mass is 226 g/mol. The zero-order chi connectivity index (χ0) is 10.8. The highest BCUT2D eigenvalue weighted by atomic mass is 32.1. The molecule has 1 aromatic rings. The van der Waals surface area contributed by atoms with E-state index in [0.29, 0.717) is 0 Å². The van der Waals surface area contributed by atoms with Crippen LogP contribution in [-0.2, 0) is 0 Å². The number of aliphatic hydroxyl groups excluding tert-OH is 1. The van der Waals surface area contributed by atoms with Gasteiger partial charge in [-0.2, -0.15) is 0 Å². The molecule has 0 saturated carbocycles. The molecule has 84 valence electrons. The van der Waals surface area contributed by atoms with Crippen molar-refractivity contribution in [1.29, 1.82) is 0 Å². The van der Waals surface area contributed by atoms with Crippen molar-refractivity contribution in [3.63, 3.8) is 0 Å². The van der Waals surface area contributed by atoms with Crippen LogP contribution in [0.3, 0.4) is 0 Å². The van der Waals surface area contributed by atoms with Crippen molar-refractivity contribution < 1.29 is 5.11 Å². The Morgan fingerprint density at radius 3 is 2.53 bits per heavy atom. The number of anilines is 1. The molecule has 0 aliphatic carbocycles. The molecule has 1 N–H and O–H groups in total. The van der Waals surface area contributed by atoms with E-state index in [-0.39, 0.29) is 6.10 Å². The Morgan fingerprint density at radius 1 is 1.33 bits per heavy atom. The smallest absolute Gasteiger partial charge is 0.185 e. The van der Waals surface area contributed by atoms with E-state index in [1.54, 1.807) is 18.3 Å². The standard InChI is InChI=1S/C11H18N2OS/c1-8-10(9(2)14)15-11(12-8)13-6-4-3-5-7-13/h9,14H,3-7H2,1-2H3/t9-/m0/s1. The van der Waals surface area contributed by atoms with E-state index in [9.17, 15) is 5.11 Å². The summed E-state index contributed by atoms with van der Waals surface area (Å²) in [6.45, 7) is 6.02. The highest BCUT2D eigenvalue weighted by molar-refractivity contribution is 7.15. The first-order valence-corrected chi connectivity index (χ1v) is 6.40. The summed E-state index contributed by atoms with van der Waals surface area (Å²) >= 11 is 1.64. The third kappa shape index (κ3) is 2.32. The van der Waals surface area contributed by atoms with Gasteiger partial charge in [-0.05, 0) is 33.1 Å². The number of piperidine rings is 1. The third-order valence-corrected chi connectivity index (χ3v) is 4.22. The fourth-order valence-corrected chi connectivity index (χ4v) is 3.06. The van der Waals surface area contributed by atoms with Crippen LogP contribution in [0.4, 0.5) is 5.13 Å². The molecule has 1 aromatic heterocycles. The van der Waals surface area contributed by atoms with Crippen molar-refractivity contribution in [1.82, 2.24) is 4.98 Å². The van der Waals surface area contributed by atoms with Crippen molar-refractivity contribution in [3.8, 4) is 0 Å². The summed E-state index contributed by atoms with van der Waals surface area (Å²) in [6.07, 6.45) is 3.48. The van der Waals surface area contributed by atoms with Crippen molar-refractivity contribution in [3.05, 3.63) is 10.6 Å². The minimum Gasteiger partial charge on any atom is -0.388 e. The molecule has 1 aliphatic rings. The van der Waals surface area contributed by atoms with Crippen LogP contribution in [0.25, 0.3) is 0 Å². The highest BCUT2D eigenvalue weighted by Crippen LogP contribution is 2.31. The molecular formula is C11H18N2OS. The maximum absolute atomic E-state index is 9.57. The normalized spacial score (nSPS) is 19.3. The predicted molar refractivity (Wildman–Crippen MR) is 63.5 cm³/mol. The Labute approximate surface area is 94.8 Å². The van der Waals surface area contributed by atoms with Crippen molar-refractivity contribution in [2.24, 2.45) is 0 Å². The summed E-state index contributed by atoms with van der Waals surface area (Å²) in [4.78, 5) is 7.89. The van der Waals surface area contributed by atoms with Gasteiger partial charge in [-0.15, -0.1) is 0 Å². The Balaban J connectivity index is 2.17. The van der Waals surface area contributed by atoms with Gasteiger partial charge < -0.3 is 10.0 Å². The van der Waals surface area contributed by atoms with Gasteiger partial charge in [0.2, 0.25) is 0 Å². The van der Waals surface area contributed by atoms with Crippen LogP contribution in [-0.4, -0.2) is 23.2 Å². The van der Waals surface area contributed by atoms with Gasteiger partial charge in [0.15, 0.2) is 5.13 Å². The Bertz CT molecular complexity index is 329. The van der Waals surface area contributed by atoms with Gasteiger partial charge in [0, 0.05) is 13.1 Å². The number of hydrogen-bond donors (Lipinski definition) is 1. The van der Waals surface area contributed by atoms with E-state index < -0.39 is 0 Å². The van der Waals surface area contributed by atoms with Gasteiger partial charge in [-0.25, -0.2) is 4.98 Å². The quantitative estimate of drug-likeness (QED) is 0.841. The minimum atomic E-state index is -0.388. The highest BCUT2D eigenvalue weighted by Gasteiger charge is 2.18. The lowest BCUT2D eigenvalue weighted by Gasteiger charge is -2.25. The molecule has 0 aromatic carbocycles. The third-order valence-electron chi connectivity index (χ3n) is 2.83. The predicted octanol–water partition coefficient (Wildman–Crippen LogP) is 2.50. The fraction of sp³-hybridized carbons (Fsp3) is 0.727. The number of thiazole rings is 1. The zero-order valence-electron chi connectivity index (χ0n) is 9.36. The van der Waals surface area contributed by atoms with E-state index in [1.807, 2.05) is 6.92 Å². The molecule has 15 heavy (non-hydrogen) atoms. The molecule has 0 spiro atoms. The number of aromatic nitrogens is 1. The molecule has 0 bridgehead atoms. The van der Waals surface area contributed by atoms with E-state index in [4.69, 9.17) is 0 Å². The molecular weight excluding hydrogens is 208 g/mol. The molecule has 1 aliphatic heterocycles. The molecule has 3 nitrogen and oxygen atoms in total. The SMILES string of the molecule is Cc1nc(N2CCCCC2)sc1[C@H](C)O. The van der Waals surface area contributed by atoms with Crippen molar-refractivity contribution in [2.75, 3.05) is 18.0 Å². The largest absolute Gasteiger partial charge is 0.388 e. The van der Waals surface area contributed by atoms with Gasteiger partial charge in [0.1, 0.15) is 0 Å². The number of aryl methyl sites for hydroxylation is 1. The molecule has 1 atom stereocenters. The lowest BCUT2D eigenvalue weighted by molar-refractivity contribution is 0.202. The summed E-state index contributed by atoms with van der Waals surface area (Å²) < 4.78 is 0. The molecule has 1 saturated heterocycles. The Kier molecular flexibility index (Phi) is 3.26. The molecule has 2 rings (SSSR count). The molecule has 0 amide bonds. The van der Waals surface area contributed by atoms with E-state index in [1.165, 1.54) is 19.3 Å². The Hall–Kier alpha value is -0.610. The average molecular weight is 226 g/mol. The molecule has 0 radical (unpaired) electrons. The van der Waals surface area contributed by atoms with E-state index in [2.05, 4.69) is 9.88 Å². The number of nitrogens with zero attached hydrogens (tertiary/aromatic N) is 2. The minimum absolute atomic E-state index is 0.388. The summed E-state index contributed by atoms with van der Waals surface area (Å²) in [5.74, 6) is 0. The molecule has 1 fully saturated rings. The van der Waals surface area contributed by atoms with Crippen molar-refractivity contribution in [2.45, 2.75) is 39.2 Å². The first-order chi connectivity index (χ1) is 7.18. The fourth-order valence-electron chi connectivity index (χ4n) is 2.00. The summed E-state index contributed by atoms with van der Waals surface area (Å²) in [6, 6.07) is 0. The van der Waals surface area contributed by atoms with E-state index in [0.717, 1.165) is 28.8 Å². The number of rotatable bonds is 2.